The molecule has 2 fully saturated rings. The van der Waals surface area contributed by atoms with Gasteiger partial charge in [0.25, 0.3) is 0 Å². The molecule has 0 radical (unpaired) electrons. The van der Waals surface area contributed by atoms with Crippen molar-refractivity contribution in [1.29, 1.82) is 0 Å². The van der Waals surface area contributed by atoms with Crippen LogP contribution in [-0.4, -0.2) is 38.6 Å². The van der Waals surface area contributed by atoms with Gasteiger partial charge in [-0.2, -0.15) is 0 Å². The second-order valence-electron chi connectivity index (χ2n) is 5.89. The number of rotatable bonds is 3. The molecule has 2 heterocycles. The van der Waals surface area contributed by atoms with E-state index in [1.54, 1.807) is 18.6 Å². The van der Waals surface area contributed by atoms with E-state index in [1.807, 2.05) is 0 Å². The zero-order chi connectivity index (χ0) is 13.1. The van der Waals surface area contributed by atoms with Crippen LogP contribution in [0.5, 0.6) is 0 Å². The van der Waals surface area contributed by atoms with Crippen molar-refractivity contribution in [2.24, 2.45) is 0 Å². The zero-order valence-corrected chi connectivity index (χ0v) is 11.5. The fourth-order valence-corrected chi connectivity index (χ4v) is 3.82. The average Bonchev–Trinajstić information content (AvgIpc) is 2.99. The molecule has 0 spiro atoms. The van der Waals surface area contributed by atoms with Crippen LogP contribution in [0.2, 0.25) is 0 Å². The molecule has 1 saturated carbocycles. The molecule has 1 saturated heterocycles. The fraction of sp³-hybridized carbons (Fsp3) is 0.733. The molecule has 1 aliphatic carbocycles. The molecule has 4 nitrogen and oxygen atoms in total. The second kappa shape index (κ2) is 5.55. The summed E-state index contributed by atoms with van der Waals surface area (Å²) >= 11 is 0. The summed E-state index contributed by atoms with van der Waals surface area (Å²) in [5.74, 6) is 0. The second-order valence-corrected chi connectivity index (χ2v) is 5.89. The molecule has 19 heavy (non-hydrogen) atoms. The standard InChI is InChI=1S/C15H23N3O/c19-14(13-12-16-8-9-17-13)15(6-2-3-7-15)18-10-4-1-5-11-18/h8-9,12,14,19H,1-7,10-11H2. The number of piperidine rings is 1. The van der Waals surface area contributed by atoms with Crippen LogP contribution in [0.25, 0.3) is 0 Å². The summed E-state index contributed by atoms with van der Waals surface area (Å²) in [5, 5.41) is 10.9. The van der Waals surface area contributed by atoms with Gasteiger partial charge in [-0.25, -0.2) is 0 Å². The number of aromatic nitrogens is 2. The number of likely N-dealkylation sites (tertiary alicyclic amines) is 1. The maximum atomic E-state index is 10.9. The Morgan fingerprint density at radius 3 is 2.42 bits per heavy atom. The Balaban J connectivity index is 1.87. The molecule has 0 amide bonds. The first-order valence-electron chi connectivity index (χ1n) is 7.52. The van der Waals surface area contributed by atoms with Crippen molar-refractivity contribution in [2.45, 2.75) is 56.6 Å². The molecule has 2 aliphatic rings. The highest BCUT2D eigenvalue weighted by molar-refractivity contribution is 5.12. The molecule has 1 unspecified atom stereocenters. The lowest BCUT2D eigenvalue weighted by atomic mass is 9.85. The summed E-state index contributed by atoms with van der Waals surface area (Å²) in [6.07, 6.45) is 13.0. The van der Waals surface area contributed by atoms with Gasteiger partial charge in [0.2, 0.25) is 0 Å². The van der Waals surface area contributed by atoms with Gasteiger partial charge in [0.05, 0.1) is 17.4 Å². The maximum Gasteiger partial charge on any atom is 0.116 e. The van der Waals surface area contributed by atoms with E-state index in [0.29, 0.717) is 0 Å². The fourth-order valence-electron chi connectivity index (χ4n) is 3.82. The Morgan fingerprint density at radius 2 is 1.79 bits per heavy atom. The maximum absolute atomic E-state index is 10.9. The topological polar surface area (TPSA) is 49.3 Å². The molecule has 4 heteroatoms. The van der Waals surface area contributed by atoms with Crippen molar-refractivity contribution in [3.63, 3.8) is 0 Å². The van der Waals surface area contributed by atoms with Crippen molar-refractivity contribution >= 4 is 0 Å². The minimum absolute atomic E-state index is 0.0869. The third-order valence-electron chi connectivity index (χ3n) is 4.83. The van der Waals surface area contributed by atoms with Gasteiger partial charge in [0.1, 0.15) is 6.10 Å². The van der Waals surface area contributed by atoms with Crippen LogP contribution in [0.4, 0.5) is 0 Å². The highest BCUT2D eigenvalue weighted by Gasteiger charge is 2.46. The molecule has 1 aromatic heterocycles. The predicted molar refractivity (Wildman–Crippen MR) is 73.6 cm³/mol. The van der Waals surface area contributed by atoms with Crippen molar-refractivity contribution in [3.8, 4) is 0 Å². The highest BCUT2D eigenvalue weighted by Crippen LogP contribution is 2.44. The Morgan fingerprint density at radius 1 is 1.05 bits per heavy atom. The summed E-state index contributed by atoms with van der Waals surface area (Å²) in [6, 6.07) is 0. The van der Waals surface area contributed by atoms with Crippen LogP contribution < -0.4 is 0 Å². The average molecular weight is 261 g/mol. The molecule has 1 N–H and O–H groups in total. The smallest absolute Gasteiger partial charge is 0.116 e. The minimum Gasteiger partial charge on any atom is -0.385 e. The molecule has 104 valence electrons. The van der Waals surface area contributed by atoms with E-state index in [9.17, 15) is 5.11 Å². The minimum atomic E-state index is -0.498. The first-order chi connectivity index (χ1) is 9.33. The lowest BCUT2D eigenvalue weighted by Gasteiger charge is -2.46. The molecule has 1 aromatic rings. The van der Waals surface area contributed by atoms with Gasteiger partial charge in [0, 0.05) is 12.4 Å². The molecule has 1 atom stereocenters. The van der Waals surface area contributed by atoms with Crippen LogP contribution >= 0.6 is 0 Å². The van der Waals surface area contributed by atoms with Gasteiger partial charge >= 0.3 is 0 Å². The van der Waals surface area contributed by atoms with E-state index in [-0.39, 0.29) is 5.54 Å². The van der Waals surface area contributed by atoms with Crippen molar-refractivity contribution in [3.05, 3.63) is 24.3 Å². The van der Waals surface area contributed by atoms with E-state index in [1.165, 1.54) is 32.1 Å². The Labute approximate surface area is 114 Å². The quantitative estimate of drug-likeness (QED) is 0.907. The number of aliphatic hydroxyl groups excluding tert-OH is 1. The van der Waals surface area contributed by atoms with Gasteiger partial charge in [-0.15, -0.1) is 0 Å². The number of aliphatic hydroxyl groups is 1. The van der Waals surface area contributed by atoms with Crippen LogP contribution in [0.3, 0.4) is 0 Å². The molecule has 0 aromatic carbocycles. The Hall–Kier alpha value is -1.00. The summed E-state index contributed by atoms with van der Waals surface area (Å²) in [5.41, 5.74) is 0.645. The monoisotopic (exact) mass is 261 g/mol. The van der Waals surface area contributed by atoms with Gasteiger partial charge in [-0.1, -0.05) is 19.3 Å². The van der Waals surface area contributed by atoms with Crippen molar-refractivity contribution in [2.75, 3.05) is 13.1 Å². The van der Waals surface area contributed by atoms with Crippen LogP contribution in [-0.2, 0) is 0 Å². The summed E-state index contributed by atoms with van der Waals surface area (Å²) < 4.78 is 0. The van der Waals surface area contributed by atoms with Gasteiger partial charge < -0.3 is 5.11 Å². The van der Waals surface area contributed by atoms with E-state index in [4.69, 9.17) is 0 Å². The van der Waals surface area contributed by atoms with Crippen LogP contribution in [0, 0.1) is 0 Å². The molecular weight excluding hydrogens is 238 g/mol. The van der Waals surface area contributed by atoms with Crippen molar-refractivity contribution in [1.82, 2.24) is 14.9 Å². The molecule has 0 bridgehead atoms. The lowest BCUT2D eigenvalue weighted by Crippen LogP contribution is -2.53. The molecule has 3 rings (SSSR count). The van der Waals surface area contributed by atoms with E-state index < -0.39 is 6.10 Å². The summed E-state index contributed by atoms with van der Waals surface area (Å²) in [7, 11) is 0. The molecule has 1 aliphatic heterocycles. The largest absolute Gasteiger partial charge is 0.385 e. The normalized spacial score (nSPS) is 25.3. The number of hydrogen-bond donors (Lipinski definition) is 1. The van der Waals surface area contributed by atoms with Crippen molar-refractivity contribution < 1.29 is 5.11 Å². The van der Waals surface area contributed by atoms with Crippen LogP contribution in [0.15, 0.2) is 18.6 Å². The molecular formula is C15H23N3O. The highest BCUT2D eigenvalue weighted by atomic mass is 16.3. The lowest BCUT2D eigenvalue weighted by molar-refractivity contribution is -0.0426. The van der Waals surface area contributed by atoms with Crippen LogP contribution in [0.1, 0.15) is 56.7 Å². The van der Waals surface area contributed by atoms with E-state index in [0.717, 1.165) is 31.6 Å². The van der Waals surface area contributed by atoms with E-state index in [2.05, 4.69) is 14.9 Å². The Bertz CT molecular complexity index is 397. The third-order valence-corrected chi connectivity index (χ3v) is 4.83. The predicted octanol–water partition coefficient (Wildman–Crippen LogP) is 2.31. The number of hydrogen-bond acceptors (Lipinski definition) is 4. The third kappa shape index (κ3) is 2.39. The van der Waals surface area contributed by atoms with E-state index >= 15 is 0 Å². The van der Waals surface area contributed by atoms with Gasteiger partial charge in [-0.3, -0.25) is 14.9 Å². The summed E-state index contributed by atoms with van der Waals surface area (Å²) in [4.78, 5) is 11.0. The van der Waals surface area contributed by atoms with Gasteiger partial charge in [-0.05, 0) is 38.8 Å². The number of nitrogens with zero attached hydrogens (tertiary/aromatic N) is 3. The first kappa shape index (κ1) is 13.0. The SMILES string of the molecule is OC(c1cnccn1)C1(N2CCCCC2)CCCC1. The summed E-state index contributed by atoms with van der Waals surface area (Å²) in [6.45, 7) is 2.24. The Kier molecular flexibility index (Phi) is 3.80. The zero-order valence-electron chi connectivity index (χ0n) is 11.5. The first-order valence-corrected chi connectivity index (χ1v) is 7.52. The van der Waals surface area contributed by atoms with Gasteiger partial charge in [0.15, 0.2) is 0 Å².